The van der Waals surface area contributed by atoms with Crippen LogP contribution in [0.2, 0.25) is 0 Å². The molecule has 1 saturated heterocycles. The minimum absolute atomic E-state index is 0.0494. The Morgan fingerprint density at radius 3 is 2.45 bits per heavy atom. The van der Waals surface area contributed by atoms with E-state index in [1.807, 2.05) is 0 Å². The van der Waals surface area contributed by atoms with Crippen LogP contribution in [0.1, 0.15) is 22.2 Å². The van der Waals surface area contributed by atoms with Gasteiger partial charge in [-0.15, -0.1) is 10.2 Å². The van der Waals surface area contributed by atoms with Crippen molar-refractivity contribution in [2.75, 3.05) is 12.0 Å². The first kappa shape index (κ1) is 22.0. The molecule has 0 bridgehead atoms. The monoisotopic (exact) mass is 470 g/mol. The third-order valence-corrected chi connectivity index (χ3v) is 5.85. The number of benzene rings is 2. The van der Waals surface area contributed by atoms with Gasteiger partial charge in [0, 0.05) is 17.7 Å². The van der Waals surface area contributed by atoms with Gasteiger partial charge in [-0.1, -0.05) is 11.3 Å². The van der Waals surface area contributed by atoms with Crippen molar-refractivity contribution in [1.82, 2.24) is 10.2 Å². The first-order chi connectivity index (χ1) is 15.7. The molecule has 10 nitrogen and oxygen atoms in total. The number of aromatic nitrogens is 2. The van der Waals surface area contributed by atoms with E-state index in [0.29, 0.717) is 10.6 Å². The Bertz CT molecular complexity index is 1320. The van der Waals surface area contributed by atoms with E-state index in [0.717, 1.165) is 22.3 Å². The summed E-state index contributed by atoms with van der Waals surface area (Å²) in [5.74, 6) is -3.43. The maximum absolute atomic E-state index is 14.3. The molecule has 4 rings (SSSR count). The van der Waals surface area contributed by atoms with Gasteiger partial charge in [-0.3, -0.25) is 24.6 Å². The minimum atomic E-state index is -1.16. The van der Waals surface area contributed by atoms with Gasteiger partial charge in [0.05, 0.1) is 23.6 Å². The molecular formula is C21H15FN4O6S. The smallest absolute Gasteiger partial charge is 0.301 e. The highest BCUT2D eigenvalue weighted by Crippen LogP contribution is 2.43. The number of nitrogens with zero attached hydrogens (tertiary/aromatic N) is 4. The van der Waals surface area contributed by atoms with E-state index in [1.54, 1.807) is 6.92 Å². The summed E-state index contributed by atoms with van der Waals surface area (Å²) >= 11 is 1.06. The normalized spacial score (nSPS) is 17.4. The third-order valence-electron chi connectivity index (χ3n) is 5.01. The first-order valence-corrected chi connectivity index (χ1v) is 10.2. The Balaban J connectivity index is 1.92. The van der Waals surface area contributed by atoms with Crippen molar-refractivity contribution >= 4 is 39.6 Å². The van der Waals surface area contributed by atoms with Crippen molar-refractivity contribution < 1.29 is 28.7 Å². The highest BCUT2D eigenvalue weighted by molar-refractivity contribution is 7.15. The van der Waals surface area contributed by atoms with Gasteiger partial charge in [-0.05, 0) is 42.8 Å². The van der Waals surface area contributed by atoms with Crippen LogP contribution in [0, 0.1) is 22.9 Å². The summed E-state index contributed by atoms with van der Waals surface area (Å²) in [4.78, 5) is 37.5. The molecule has 0 saturated carbocycles. The number of amides is 1. The quantitative estimate of drug-likeness (QED) is 0.197. The lowest BCUT2D eigenvalue weighted by molar-refractivity contribution is -0.384. The number of aryl methyl sites for hydroxylation is 1. The van der Waals surface area contributed by atoms with Crippen LogP contribution in [-0.2, 0) is 9.59 Å². The molecule has 1 unspecified atom stereocenters. The van der Waals surface area contributed by atoms with Crippen LogP contribution in [-0.4, -0.2) is 39.0 Å². The number of ketones is 1. The molecule has 1 N–H and O–H groups in total. The summed E-state index contributed by atoms with van der Waals surface area (Å²) in [5, 5.41) is 30.5. The predicted molar refractivity (Wildman–Crippen MR) is 115 cm³/mol. The fourth-order valence-electron chi connectivity index (χ4n) is 3.48. The average molecular weight is 470 g/mol. The molecule has 0 spiro atoms. The number of aliphatic hydroxyl groups excluding tert-OH is 1. The van der Waals surface area contributed by atoms with Gasteiger partial charge in [0.1, 0.15) is 10.8 Å². The molecule has 0 aliphatic carbocycles. The number of non-ortho nitro benzene ring substituents is 1. The van der Waals surface area contributed by atoms with E-state index >= 15 is 0 Å². The van der Waals surface area contributed by atoms with Crippen LogP contribution in [0.4, 0.5) is 15.2 Å². The Morgan fingerprint density at radius 1 is 1.21 bits per heavy atom. The number of hydrogen-bond acceptors (Lipinski definition) is 9. The van der Waals surface area contributed by atoms with E-state index in [1.165, 1.54) is 43.5 Å². The van der Waals surface area contributed by atoms with Crippen molar-refractivity contribution in [2.45, 2.75) is 13.0 Å². The highest BCUT2D eigenvalue weighted by atomic mass is 32.1. The van der Waals surface area contributed by atoms with Gasteiger partial charge < -0.3 is 9.84 Å². The Kier molecular flexibility index (Phi) is 5.60. The molecule has 1 aliphatic rings. The van der Waals surface area contributed by atoms with Crippen LogP contribution in [0.5, 0.6) is 5.75 Å². The number of hydrogen-bond donors (Lipinski definition) is 1. The summed E-state index contributed by atoms with van der Waals surface area (Å²) in [7, 11) is 1.28. The Hall–Kier alpha value is -4.19. The number of carbonyl (C=O) groups excluding carboxylic acids is 2. The zero-order valence-corrected chi connectivity index (χ0v) is 18.0. The number of anilines is 1. The lowest BCUT2D eigenvalue weighted by Gasteiger charge is -2.22. The summed E-state index contributed by atoms with van der Waals surface area (Å²) in [6.45, 7) is 1.67. The number of carbonyl (C=O) groups is 2. The van der Waals surface area contributed by atoms with Crippen LogP contribution < -0.4 is 9.64 Å². The molecule has 33 heavy (non-hydrogen) atoms. The van der Waals surface area contributed by atoms with Crippen molar-refractivity contribution in [2.24, 2.45) is 0 Å². The van der Waals surface area contributed by atoms with Crippen molar-refractivity contribution in [3.05, 3.63) is 80.1 Å². The van der Waals surface area contributed by atoms with Gasteiger partial charge in [-0.25, -0.2) is 4.39 Å². The van der Waals surface area contributed by atoms with Crippen LogP contribution in [0.25, 0.3) is 5.76 Å². The number of ether oxygens (including phenoxy) is 1. The number of aliphatic hydroxyl groups is 1. The second kappa shape index (κ2) is 8.39. The molecule has 1 atom stereocenters. The molecule has 2 heterocycles. The zero-order valence-electron chi connectivity index (χ0n) is 17.2. The maximum Gasteiger partial charge on any atom is 0.301 e. The lowest BCUT2D eigenvalue weighted by atomic mass is 9.95. The number of methoxy groups -OCH3 is 1. The van der Waals surface area contributed by atoms with Gasteiger partial charge in [-0.2, -0.15) is 0 Å². The van der Waals surface area contributed by atoms with Gasteiger partial charge in [0.25, 0.3) is 11.5 Å². The first-order valence-electron chi connectivity index (χ1n) is 9.42. The summed E-state index contributed by atoms with van der Waals surface area (Å²) < 4.78 is 19.1. The SMILES string of the molecule is COc1ccc(/C(O)=C2\C(=O)C(=O)N(c3nnc(C)s3)C2c2ccc([N+](=O)[O-])cc2)cc1F. The van der Waals surface area contributed by atoms with Gasteiger partial charge in [0.2, 0.25) is 5.13 Å². The molecule has 1 fully saturated rings. The third kappa shape index (κ3) is 3.80. The van der Waals surface area contributed by atoms with Crippen LogP contribution in [0.3, 0.4) is 0 Å². The molecule has 1 aliphatic heterocycles. The maximum atomic E-state index is 14.3. The molecule has 3 aromatic rings. The average Bonchev–Trinajstić information content (AvgIpc) is 3.34. The summed E-state index contributed by atoms with van der Waals surface area (Å²) in [5.41, 5.74) is -0.249. The van der Waals surface area contributed by atoms with E-state index in [2.05, 4.69) is 10.2 Å². The number of nitro benzene ring substituents is 1. The fraction of sp³-hybridized carbons (Fsp3) is 0.143. The zero-order chi connectivity index (χ0) is 23.9. The molecule has 168 valence electrons. The molecule has 1 aromatic heterocycles. The van der Waals surface area contributed by atoms with Crippen LogP contribution in [0.15, 0.2) is 48.0 Å². The fourth-order valence-corrected chi connectivity index (χ4v) is 4.19. The number of nitro groups is 1. The standard InChI is InChI=1S/C21H15FN4O6S/c1-10-23-24-21(33-10)25-17(11-3-6-13(7-4-11)26(30)31)16(19(28)20(25)29)18(27)12-5-8-15(32-2)14(22)9-12/h3-9,17,27H,1-2H3/b18-16+. The minimum Gasteiger partial charge on any atom is -0.507 e. The Morgan fingerprint density at radius 2 is 1.91 bits per heavy atom. The summed E-state index contributed by atoms with van der Waals surface area (Å²) in [6, 6.07) is 7.60. The van der Waals surface area contributed by atoms with Crippen LogP contribution >= 0.6 is 11.3 Å². The van der Waals surface area contributed by atoms with E-state index in [9.17, 15) is 29.2 Å². The molecule has 12 heteroatoms. The summed E-state index contributed by atoms with van der Waals surface area (Å²) in [6.07, 6.45) is 0. The largest absolute Gasteiger partial charge is 0.507 e. The molecule has 2 aromatic carbocycles. The van der Waals surface area contributed by atoms with E-state index in [-0.39, 0.29) is 27.7 Å². The highest BCUT2D eigenvalue weighted by Gasteiger charge is 2.48. The van der Waals surface area contributed by atoms with E-state index < -0.39 is 34.2 Å². The number of rotatable bonds is 5. The van der Waals surface area contributed by atoms with Gasteiger partial charge in [0.15, 0.2) is 11.6 Å². The van der Waals surface area contributed by atoms with Crippen molar-refractivity contribution in [3.63, 3.8) is 0 Å². The number of halogens is 1. The lowest BCUT2D eigenvalue weighted by Crippen LogP contribution is -2.29. The Labute approximate surface area is 189 Å². The molecule has 0 radical (unpaired) electrons. The van der Waals surface area contributed by atoms with Gasteiger partial charge >= 0.3 is 5.91 Å². The predicted octanol–water partition coefficient (Wildman–Crippen LogP) is 3.53. The molecule has 1 amide bonds. The van der Waals surface area contributed by atoms with Crippen molar-refractivity contribution in [3.8, 4) is 5.75 Å². The van der Waals surface area contributed by atoms with Crippen molar-refractivity contribution in [1.29, 1.82) is 0 Å². The second-order valence-electron chi connectivity index (χ2n) is 6.97. The number of Topliss-reactive ketones (excluding diaryl/α,β-unsaturated/α-hetero) is 1. The molecular weight excluding hydrogens is 455 g/mol. The second-order valence-corrected chi connectivity index (χ2v) is 8.13. The van der Waals surface area contributed by atoms with E-state index in [4.69, 9.17) is 4.74 Å². The topological polar surface area (TPSA) is 136 Å².